The number of ketones is 1. The Morgan fingerprint density at radius 2 is 1.91 bits per heavy atom. The fourth-order valence-electron chi connectivity index (χ4n) is 3.90. The van der Waals surface area contributed by atoms with Gasteiger partial charge < -0.3 is 14.7 Å². The van der Waals surface area contributed by atoms with Crippen molar-refractivity contribution in [1.82, 2.24) is 4.90 Å². The Hall–Kier alpha value is -3.30. The summed E-state index contributed by atoms with van der Waals surface area (Å²) in [5.41, 5.74) is -0.594. The van der Waals surface area contributed by atoms with Crippen LogP contribution in [0.15, 0.2) is 65.6 Å². The first-order chi connectivity index (χ1) is 16.6. The van der Waals surface area contributed by atoms with Crippen LogP contribution in [0.2, 0.25) is 5.02 Å². The van der Waals surface area contributed by atoms with Crippen molar-refractivity contribution < 1.29 is 32.6 Å². The molecule has 1 saturated heterocycles. The standard InChI is InChI=1S/C25H19ClF3NO4S/c1-2-34-18-12-15(8-9-17(18)26)22(31)20-21(19-7-4-10-35-19)30(24(33)23(20)32)13-14-5-3-6-16(11-14)25(27,28)29/h3-12,21,31H,2,13H2,1H3/b22-20-. The second-order valence-electron chi connectivity index (χ2n) is 7.72. The van der Waals surface area contributed by atoms with Crippen LogP contribution in [0.25, 0.3) is 5.76 Å². The predicted molar refractivity (Wildman–Crippen MR) is 126 cm³/mol. The zero-order valence-electron chi connectivity index (χ0n) is 18.3. The SMILES string of the molecule is CCOc1cc(/C(O)=C2/C(=O)C(=O)N(Cc3cccc(C(F)(F)F)c3)C2c2cccs2)ccc1Cl. The van der Waals surface area contributed by atoms with Crippen molar-refractivity contribution in [2.45, 2.75) is 25.7 Å². The van der Waals surface area contributed by atoms with E-state index < -0.39 is 35.2 Å². The first-order valence-electron chi connectivity index (χ1n) is 10.5. The normalized spacial score (nSPS) is 17.7. The van der Waals surface area contributed by atoms with E-state index in [4.69, 9.17) is 16.3 Å². The lowest BCUT2D eigenvalue weighted by Gasteiger charge is -2.24. The monoisotopic (exact) mass is 521 g/mol. The number of rotatable bonds is 6. The molecule has 10 heteroatoms. The molecule has 0 aliphatic carbocycles. The lowest BCUT2D eigenvalue weighted by molar-refractivity contribution is -0.140. The number of benzene rings is 2. The van der Waals surface area contributed by atoms with Gasteiger partial charge in [0, 0.05) is 17.0 Å². The minimum atomic E-state index is -4.55. The van der Waals surface area contributed by atoms with E-state index in [1.165, 1.54) is 46.6 Å². The molecule has 182 valence electrons. The van der Waals surface area contributed by atoms with Gasteiger partial charge in [-0.05, 0) is 54.3 Å². The molecule has 35 heavy (non-hydrogen) atoms. The third kappa shape index (κ3) is 4.92. The number of Topliss-reactive ketones (excluding diaryl/α,β-unsaturated/α-hetero) is 1. The summed E-state index contributed by atoms with van der Waals surface area (Å²) in [7, 11) is 0. The molecular formula is C25H19ClF3NO4S. The molecule has 1 fully saturated rings. The van der Waals surface area contributed by atoms with E-state index in [-0.39, 0.29) is 23.2 Å². The van der Waals surface area contributed by atoms with E-state index in [1.807, 2.05) is 0 Å². The second-order valence-corrected chi connectivity index (χ2v) is 9.11. The first-order valence-corrected chi connectivity index (χ1v) is 11.8. The fourth-order valence-corrected chi connectivity index (χ4v) is 4.92. The van der Waals surface area contributed by atoms with Crippen molar-refractivity contribution in [3.05, 3.63) is 92.1 Å². The number of thiophene rings is 1. The Morgan fingerprint density at radius 1 is 1.14 bits per heavy atom. The number of aliphatic hydroxyl groups is 1. The summed E-state index contributed by atoms with van der Waals surface area (Å²) in [5.74, 6) is -1.97. The highest BCUT2D eigenvalue weighted by Crippen LogP contribution is 2.43. The Balaban J connectivity index is 1.80. The highest BCUT2D eigenvalue weighted by molar-refractivity contribution is 7.10. The van der Waals surface area contributed by atoms with Gasteiger partial charge in [-0.15, -0.1) is 11.3 Å². The molecule has 0 spiro atoms. The summed E-state index contributed by atoms with van der Waals surface area (Å²) in [6, 6.07) is 11.5. The molecule has 0 saturated carbocycles. The molecular weight excluding hydrogens is 503 g/mol. The zero-order valence-corrected chi connectivity index (χ0v) is 19.9. The molecule has 1 unspecified atom stereocenters. The van der Waals surface area contributed by atoms with E-state index in [2.05, 4.69) is 0 Å². The first kappa shape index (κ1) is 24.8. The number of halogens is 4. The Labute approximate surface area is 208 Å². The minimum absolute atomic E-state index is 0.158. The van der Waals surface area contributed by atoms with E-state index in [9.17, 15) is 27.9 Å². The zero-order chi connectivity index (χ0) is 25.3. The maximum Gasteiger partial charge on any atom is 0.416 e. The number of hydrogen-bond donors (Lipinski definition) is 1. The van der Waals surface area contributed by atoms with E-state index in [0.717, 1.165) is 12.1 Å². The molecule has 1 aromatic heterocycles. The van der Waals surface area contributed by atoms with Gasteiger partial charge in [-0.3, -0.25) is 9.59 Å². The molecule has 1 atom stereocenters. The summed E-state index contributed by atoms with van der Waals surface area (Å²) in [6.07, 6.45) is -4.55. The number of alkyl halides is 3. The molecule has 2 aromatic carbocycles. The largest absolute Gasteiger partial charge is 0.507 e. The molecule has 5 nitrogen and oxygen atoms in total. The predicted octanol–water partition coefficient (Wildman–Crippen LogP) is 6.44. The number of carbonyl (C=O) groups excluding carboxylic acids is 2. The highest BCUT2D eigenvalue weighted by Gasteiger charge is 2.46. The van der Waals surface area contributed by atoms with Crippen LogP contribution in [0.5, 0.6) is 5.75 Å². The average Bonchev–Trinajstić information content (AvgIpc) is 3.43. The molecule has 0 bridgehead atoms. The van der Waals surface area contributed by atoms with E-state index in [0.29, 0.717) is 22.3 Å². The molecule has 1 N–H and O–H groups in total. The summed E-state index contributed by atoms with van der Waals surface area (Å²) in [4.78, 5) is 27.9. The number of hydrogen-bond acceptors (Lipinski definition) is 5. The molecule has 1 aliphatic heterocycles. The van der Waals surface area contributed by atoms with Gasteiger partial charge in [-0.25, -0.2) is 0 Å². The Morgan fingerprint density at radius 3 is 2.57 bits per heavy atom. The quantitative estimate of drug-likeness (QED) is 0.230. The van der Waals surface area contributed by atoms with Gasteiger partial charge in [0.25, 0.3) is 11.7 Å². The average molecular weight is 522 g/mol. The van der Waals surface area contributed by atoms with Crippen LogP contribution in [0.4, 0.5) is 13.2 Å². The van der Waals surface area contributed by atoms with Crippen molar-refractivity contribution >= 4 is 40.4 Å². The van der Waals surface area contributed by atoms with Crippen LogP contribution in [0.1, 0.15) is 34.5 Å². The van der Waals surface area contributed by atoms with Gasteiger partial charge in [0.15, 0.2) is 0 Å². The number of ether oxygens (including phenoxy) is 1. The fraction of sp³-hybridized carbons (Fsp3) is 0.200. The minimum Gasteiger partial charge on any atom is -0.507 e. The van der Waals surface area contributed by atoms with Crippen LogP contribution in [-0.4, -0.2) is 28.3 Å². The third-order valence-corrected chi connectivity index (χ3v) is 6.70. The van der Waals surface area contributed by atoms with Crippen molar-refractivity contribution in [2.75, 3.05) is 6.61 Å². The highest BCUT2D eigenvalue weighted by atomic mass is 35.5. The summed E-state index contributed by atoms with van der Waals surface area (Å²) in [6.45, 7) is 1.83. The van der Waals surface area contributed by atoms with Crippen LogP contribution in [0.3, 0.4) is 0 Å². The van der Waals surface area contributed by atoms with Crippen LogP contribution >= 0.6 is 22.9 Å². The topological polar surface area (TPSA) is 66.8 Å². The molecule has 4 rings (SSSR count). The maximum absolute atomic E-state index is 13.2. The number of amides is 1. The van der Waals surface area contributed by atoms with Crippen molar-refractivity contribution in [3.8, 4) is 5.75 Å². The lowest BCUT2D eigenvalue weighted by atomic mass is 9.99. The van der Waals surface area contributed by atoms with Crippen LogP contribution in [0, 0.1) is 0 Å². The summed E-state index contributed by atoms with van der Waals surface area (Å²) in [5, 5.41) is 13.2. The van der Waals surface area contributed by atoms with Crippen LogP contribution in [-0.2, 0) is 22.3 Å². The molecule has 2 heterocycles. The van der Waals surface area contributed by atoms with Crippen LogP contribution < -0.4 is 4.74 Å². The van der Waals surface area contributed by atoms with Crippen molar-refractivity contribution in [2.24, 2.45) is 0 Å². The smallest absolute Gasteiger partial charge is 0.416 e. The Bertz CT molecular complexity index is 1300. The maximum atomic E-state index is 13.2. The lowest BCUT2D eigenvalue weighted by Crippen LogP contribution is -2.29. The Kier molecular flexibility index (Phi) is 6.91. The van der Waals surface area contributed by atoms with Gasteiger partial charge in [-0.2, -0.15) is 13.2 Å². The van der Waals surface area contributed by atoms with Gasteiger partial charge in [0.2, 0.25) is 0 Å². The number of nitrogens with zero attached hydrogens (tertiary/aromatic N) is 1. The van der Waals surface area contributed by atoms with Gasteiger partial charge in [0.1, 0.15) is 11.5 Å². The van der Waals surface area contributed by atoms with Gasteiger partial charge in [-0.1, -0.05) is 29.8 Å². The third-order valence-electron chi connectivity index (χ3n) is 5.46. The summed E-state index contributed by atoms with van der Waals surface area (Å²) < 4.78 is 45.1. The molecule has 1 aliphatic rings. The molecule has 0 radical (unpaired) electrons. The van der Waals surface area contributed by atoms with Crippen molar-refractivity contribution in [3.63, 3.8) is 0 Å². The van der Waals surface area contributed by atoms with Gasteiger partial charge in [0.05, 0.1) is 28.8 Å². The summed E-state index contributed by atoms with van der Waals surface area (Å²) >= 11 is 7.39. The molecule has 3 aromatic rings. The molecule has 1 amide bonds. The van der Waals surface area contributed by atoms with E-state index in [1.54, 1.807) is 24.4 Å². The number of carbonyl (C=O) groups is 2. The number of aliphatic hydroxyl groups excluding tert-OH is 1. The second kappa shape index (κ2) is 9.75. The van der Waals surface area contributed by atoms with Crippen molar-refractivity contribution in [1.29, 1.82) is 0 Å². The van der Waals surface area contributed by atoms with E-state index >= 15 is 0 Å². The number of likely N-dealkylation sites (tertiary alicyclic amines) is 1. The van der Waals surface area contributed by atoms with Gasteiger partial charge >= 0.3 is 6.18 Å².